The number of aromatic nitrogens is 2. The molecule has 0 atom stereocenters. The first kappa shape index (κ1) is 14.5. The molecule has 3 heteroatoms. The second-order valence-electron chi connectivity index (χ2n) is 6.47. The van der Waals surface area contributed by atoms with Crippen molar-refractivity contribution in [1.29, 1.82) is 0 Å². The van der Waals surface area contributed by atoms with Crippen LogP contribution >= 0.6 is 11.3 Å². The molecule has 0 fully saturated rings. The molecule has 4 rings (SSSR count). The molecule has 0 aliphatic heterocycles. The van der Waals surface area contributed by atoms with Crippen molar-refractivity contribution in [2.75, 3.05) is 0 Å². The van der Waals surface area contributed by atoms with E-state index in [1.165, 1.54) is 43.7 Å². The van der Waals surface area contributed by atoms with E-state index in [9.17, 15) is 0 Å². The quantitative estimate of drug-likeness (QED) is 0.436. The van der Waals surface area contributed by atoms with Crippen LogP contribution in [-0.2, 0) is 0 Å². The summed E-state index contributed by atoms with van der Waals surface area (Å²) in [6.07, 6.45) is 0. The van der Waals surface area contributed by atoms with Crippen LogP contribution in [0.5, 0.6) is 0 Å². The van der Waals surface area contributed by atoms with Crippen LogP contribution in [0.15, 0.2) is 30.3 Å². The van der Waals surface area contributed by atoms with Crippen molar-refractivity contribution in [3.63, 3.8) is 0 Å². The highest BCUT2D eigenvalue weighted by Crippen LogP contribution is 2.34. The van der Waals surface area contributed by atoms with E-state index >= 15 is 0 Å². The van der Waals surface area contributed by atoms with Gasteiger partial charge in [0.1, 0.15) is 0 Å². The van der Waals surface area contributed by atoms with Crippen LogP contribution in [0.25, 0.3) is 26.4 Å². The highest BCUT2D eigenvalue weighted by Gasteiger charge is 2.16. The van der Waals surface area contributed by atoms with E-state index in [2.05, 4.69) is 69.4 Å². The Morgan fingerprint density at radius 1 is 0.826 bits per heavy atom. The Labute approximate surface area is 140 Å². The third-order valence-corrected chi connectivity index (χ3v) is 5.88. The number of rotatable bonds is 1. The lowest BCUT2D eigenvalue weighted by Gasteiger charge is -2.05. The van der Waals surface area contributed by atoms with Gasteiger partial charge in [0.25, 0.3) is 0 Å². The van der Waals surface area contributed by atoms with Gasteiger partial charge in [0, 0.05) is 11.3 Å². The minimum absolute atomic E-state index is 1.08. The predicted octanol–water partition coefficient (Wildman–Crippen LogP) is 5.76. The SMILES string of the molecule is Cc1ccc(-c2nc3sc4cc(C)c(C)cc4n3c2C)cc1C. The molecule has 2 aromatic heterocycles. The maximum absolute atomic E-state index is 4.93. The maximum Gasteiger partial charge on any atom is 0.195 e. The van der Waals surface area contributed by atoms with Gasteiger partial charge < -0.3 is 0 Å². The maximum atomic E-state index is 4.93. The van der Waals surface area contributed by atoms with Crippen molar-refractivity contribution >= 4 is 26.5 Å². The molecule has 0 amide bonds. The molecule has 0 aliphatic rings. The highest BCUT2D eigenvalue weighted by molar-refractivity contribution is 7.23. The molecule has 0 bridgehead atoms. The first-order valence-electron chi connectivity index (χ1n) is 7.92. The van der Waals surface area contributed by atoms with E-state index in [4.69, 9.17) is 4.98 Å². The number of benzene rings is 2. The zero-order valence-corrected chi connectivity index (χ0v) is 15.0. The summed E-state index contributed by atoms with van der Waals surface area (Å²) >= 11 is 1.77. The fourth-order valence-electron chi connectivity index (χ4n) is 3.12. The van der Waals surface area contributed by atoms with Crippen LogP contribution in [0, 0.1) is 34.6 Å². The summed E-state index contributed by atoms with van der Waals surface area (Å²) in [5.41, 5.74) is 10.1. The molecular weight excluding hydrogens is 300 g/mol. The summed E-state index contributed by atoms with van der Waals surface area (Å²) in [6, 6.07) is 11.2. The van der Waals surface area contributed by atoms with E-state index in [1.54, 1.807) is 11.3 Å². The standard InChI is InChI=1S/C20H20N2S/c1-11-6-7-16(8-12(11)2)19-15(5)22-17-9-13(3)14(4)10-18(17)23-20(22)21-19/h6-10H,1-5H3. The molecule has 0 unspecified atom stereocenters. The fourth-order valence-corrected chi connectivity index (χ4v) is 4.27. The van der Waals surface area contributed by atoms with Crippen molar-refractivity contribution in [2.45, 2.75) is 34.6 Å². The van der Waals surface area contributed by atoms with Gasteiger partial charge in [-0.2, -0.15) is 0 Å². The number of nitrogens with zero attached hydrogens (tertiary/aromatic N) is 2. The Hall–Kier alpha value is -2.13. The lowest BCUT2D eigenvalue weighted by Crippen LogP contribution is -1.89. The van der Waals surface area contributed by atoms with E-state index < -0.39 is 0 Å². The first-order chi connectivity index (χ1) is 11.0. The molecule has 2 nitrogen and oxygen atoms in total. The number of hydrogen-bond acceptors (Lipinski definition) is 2. The van der Waals surface area contributed by atoms with E-state index in [0.717, 1.165) is 10.7 Å². The van der Waals surface area contributed by atoms with Gasteiger partial charge in [-0.3, -0.25) is 4.40 Å². The van der Waals surface area contributed by atoms with Crippen molar-refractivity contribution in [2.24, 2.45) is 0 Å². The van der Waals surface area contributed by atoms with Crippen molar-refractivity contribution < 1.29 is 0 Å². The van der Waals surface area contributed by atoms with Crippen LogP contribution in [0.1, 0.15) is 27.9 Å². The van der Waals surface area contributed by atoms with Crippen LogP contribution < -0.4 is 0 Å². The molecule has 116 valence electrons. The van der Waals surface area contributed by atoms with Gasteiger partial charge in [-0.05, 0) is 75.1 Å². The summed E-state index contributed by atoms with van der Waals surface area (Å²) < 4.78 is 3.61. The van der Waals surface area contributed by atoms with Gasteiger partial charge >= 0.3 is 0 Å². The summed E-state index contributed by atoms with van der Waals surface area (Å²) in [4.78, 5) is 6.01. The zero-order chi connectivity index (χ0) is 16.3. The smallest absolute Gasteiger partial charge is 0.195 e. The second kappa shape index (κ2) is 4.93. The van der Waals surface area contributed by atoms with Gasteiger partial charge in [0.15, 0.2) is 4.96 Å². The third kappa shape index (κ3) is 2.11. The van der Waals surface area contributed by atoms with Gasteiger partial charge in [-0.1, -0.05) is 23.5 Å². The van der Waals surface area contributed by atoms with Gasteiger partial charge in [0.05, 0.1) is 15.9 Å². The number of aryl methyl sites for hydroxylation is 5. The van der Waals surface area contributed by atoms with Crippen molar-refractivity contribution in [1.82, 2.24) is 9.38 Å². The van der Waals surface area contributed by atoms with Crippen LogP contribution in [0.3, 0.4) is 0 Å². The van der Waals surface area contributed by atoms with Gasteiger partial charge in [-0.15, -0.1) is 0 Å². The first-order valence-corrected chi connectivity index (χ1v) is 8.74. The third-order valence-electron chi connectivity index (χ3n) is 4.87. The van der Waals surface area contributed by atoms with Crippen LogP contribution in [-0.4, -0.2) is 9.38 Å². The molecule has 0 aliphatic carbocycles. The largest absolute Gasteiger partial charge is 0.287 e. The summed E-state index contributed by atoms with van der Waals surface area (Å²) in [5, 5.41) is 0. The van der Waals surface area contributed by atoms with Gasteiger partial charge in [0.2, 0.25) is 0 Å². The summed E-state index contributed by atoms with van der Waals surface area (Å²) in [5.74, 6) is 0. The summed E-state index contributed by atoms with van der Waals surface area (Å²) in [7, 11) is 0. The number of imidazole rings is 1. The molecule has 23 heavy (non-hydrogen) atoms. The summed E-state index contributed by atoms with van der Waals surface area (Å²) in [6.45, 7) is 10.8. The molecular formula is C20H20N2S. The second-order valence-corrected chi connectivity index (χ2v) is 7.48. The Kier molecular flexibility index (Phi) is 3.10. The van der Waals surface area contributed by atoms with Gasteiger partial charge in [-0.25, -0.2) is 4.98 Å². The minimum atomic E-state index is 1.08. The van der Waals surface area contributed by atoms with Crippen LogP contribution in [0.2, 0.25) is 0 Å². The zero-order valence-electron chi connectivity index (χ0n) is 14.2. The highest BCUT2D eigenvalue weighted by atomic mass is 32.1. The number of fused-ring (bicyclic) bond motifs is 3. The Bertz CT molecular complexity index is 1070. The molecule has 0 N–H and O–H groups in total. The Morgan fingerprint density at radius 2 is 1.52 bits per heavy atom. The fraction of sp³-hybridized carbons (Fsp3) is 0.250. The topological polar surface area (TPSA) is 17.3 Å². The van der Waals surface area contributed by atoms with Crippen LogP contribution in [0.4, 0.5) is 0 Å². The Balaban J connectivity index is 2.01. The van der Waals surface area contributed by atoms with E-state index in [1.807, 2.05) is 0 Å². The lowest BCUT2D eigenvalue weighted by atomic mass is 10.0. The predicted molar refractivity (Wildman–Crippen MR) is 99.7 cm³/mol. The van der Waals surface area contributed by atoms with E-state index in [-0.39, 0.29) is 0 Å². The molecule has 4 aromatic rings. The normalized spacial score (nSPS) is 11.7. The number of thiazole rings is 1. The lowest BCUT2D eigenvalue weighted by molar-refractivity contribution is 1.18. The average molecular weight is 320 g/mol. The number of hydrogen-bond donors (Lipinski definition) is 0. The monoisotopic (exact) mass is 320 g/mol. The minimum Gasteiger partial charge on any atom is -0.287 e. The molecule has 0 saturated carbocycles. The van der Waals surface area contributed by atoms with Crippen molar-refractivity contribution in [3.05, 3.63) is 58.3 Å². The Morgan fingerprint density at radius 3 is 2.26 bits per heavy atom. The molecule has 2 heterocycles. The van der Waals surface area contributed by atoms with Crippen molar-refractivity contribution in [3.8, 4) is 11.3 Å². The molecule has 2 aromatic carbocycles. The molecule has 0 spiro atoms. The molecule has 0 saturated heterocycles. The average Bonchev–Trinajstić information content (AvgIpc) is 3.00. The molecule has 0 radical (unpaired) electrons. The van der Waals surface area contributed by atoms with E-state index in [0.29, 0.717) is 0 Å².